The monoisotopic (exact) mass is 336 g/mol. The van der Waals surface area contributed by atoms with Gasteiger partial charge in [-0.15, -0.1) is 11.3 Å². The molecule has 1 aliphatic rings. The first kappa shape index (κ1) is 12.5. The Labute approximate surface area is 122 Å². The van der Waals surface area contributed by atoms with Crippen molar-refractivity contribution in [3.63, 3.8) is 0 Å². The molecule has 1 aromatic carbocycles. The number of aryl methyl sites for hydroxylation is 1. The van der Waals surface area contributed by atoms with Crippen molar-refractivity contribution < 1.29 is 9.59 Å². The Kier molecular flexibility index (Phi) is 2.99. The second-order valence-corrected chi connectivity index (χ2v) is 6.22. The van der Waals surface area contributed by atoms with E-state index in [4.69, 9.17) is 0 Å². The SMILES string of the molecule is Cc1nc(CN2C(=O)C(=O)c3ccc(Br)cc32)cs1. The second kappa shape index (κ2) is 4.54. The molecule has 0 radical (unpaired) electrons. The van der Waals surface area contributed by atoms with Crippen molar-refractivity contribution in [2.45, 2.75) is 13.5 Å². The van der Waals surface area contributed by atoms with Gasteiger partial charge in [0.1, 0.15) is 0 Å². The molecule has 6 heteroatoms. The molecule has 0 spiro atoms. The number of amides is 1. The molecule has 0 fully saturated rings. The number of hydrogen-bond acceptors (Lipinski definition) is 4. The molecule has 0 unspecified atom stereocenters. The number of aromatic nitrogens is 1. The number of benzene rings is 1. The van der Waals surface area contributed by atoms with Gasteiger partial charge in [0, 0.05) is 9.85 Å². The highest BCUT2D eigenvalue weighted by Gasteiger charge is 2.36. The fourth-order valence-corrected chi connectivity index (χ4v) is 3.02. The van der Waals surface area contributed by atoms with Crippen molar-refractivity contribution in [2.75, 3.05) is 4.90 Å². The molecule has 96 valence electrons. The van der Waals surface area contributed by atoms with Crippen LogP contribution in [0.15, 0.2) is 28.1 Å². The molecule has 0 saturated heterocycles. The summed E-state index contributed by atoms with van der Waals surface area (Å²) in [6, 6.07) is 5.23. The summed E-state index contributed by atoms with van der Waals surface area (Å²) < 4.78 is 0.841. The maximum atomic E-state index is 12.0. The molecule has 1 aliphatic heterocycles. The predicted octanol–water partition coefficient (Wildman–Crippen LogP) is 2.94. The van der Waals surface area contributed by atoms with Gasteiger partial charge < -0.3 is 0 Å². The number of Topliss-reactive ketones (excluding diaryl/α,β-unsaturated/α-hetero) is 1. The normalized spacial score (nSPS) is 14.1. The molecule has 2 aromatic rings. The molecule has 4 nitrogen and oxygen atoms in total. The lowest BCUT2D eigenvalue weighted by Gasteiger charge is -2.15. The summed E-state index contributed by atoms with van der Waals surface area (Å²) in [6.07, 6.45) is 0. The average Bonchev–Trinajstić information content (AvgIpc) is 2.88. The Morgan fingerprint density at radius 2 is 2.16 bits per heavy atom. The van der Waals surface area contributed by atoms with E-state index >= 15 is 0 Å². The summed E-state index contributed by atoms with van der Waals surface area (Å²) in [7, 11) is 0. The fraction of sp³-hybridized carbons (Fsp3) is 0.154. The van der Waals surface area contributed by atoms with Crippen LogP contribution in [0.3, 0.4) is 0 Å². The first-order chi connectivity index (χ1) is 9.06. The molecule has 1 amide bonds. The van der Waals surface area contributed by atoms with Crippen LogP contribution in [-0.2, 0) is 11.3 Å². The zero-order valence-electron chi connectivity index (χ0n) is 10.0. The summed E-state index contributed by atoms with van der Waals surface area (Å²) in [5.74, 6) is -0.937. The van der Waals surface area contributed by atoms with Gasteiger partial charge in [-0.2, -0.15) is 0 Å². The first-order valence-corrected chi connectivity index (χ1v) is 7.30. The maximum Gasteiger partial charge on any atom is 0.299 e. The van der Waals surface area contributed by atoms with E-state index in [0.717, 1.165) is 15.2 Å². The van der Waals surface area contributed by atoms with Crippen molar-refractivity contribution in [1.29, 1.82) is 0 Å². The number of anilines is 1. The number of thiazole rings is 1. The van der Waals surface area contributed by atoms with Crippen molar-refractivity contribution in [3.8, 4) is 0 Å². The smallest absolute Gasteiger partial charge is 0.299 e. The van der Waals surface area contributed by atoms with Crippen LogP contribution in [-0.4, -0.2) is 16.7 Å². The van der Waals surface area contributed by atoms with Gasteiger partial charge in [-0.3, -0.25) is 14.5 Å². The highest BCUT2D eigenvalue weighted by atomic mass is 79.9. The summed E-state index contributed by atoms with van der Waals surface area (Å²) in [5.41, 5.74) is 1.91. The van der Waals surface area contributed by atoms with Crippen LogP contribution < -0.4 is 4.90 Å². The number of ketones is 1. The Morgan fingerprint density at radius 3 is 2.84 bits per heavy atom. The van der Waals surface area contributed by atoms with Crippen LogP contribution in [0.25, 0.3) is 0 Å². The number of carbonyl (C=O) groups is 2. The van der Waals surface area contributed by atoms with Crippen LogP contribution in [0.4, 0.5) is 5.69 Å². The van der Waals surface area contributed by atoms with Crippen molar-refractivity contribution >= 4 is 44.6 Å². The lowest BCUT2D eigenvalue weighted by Crippen LogP contribution is -2.29. The van der Waals surface area contributed by atoms with Gasteiger partial charge in [-0.1, -0.05) is 15.9 Å². The molecule has 2 heterocycles. The molecular weight excluding hydrogens is 328 g/mol. The Morgan fingerprint density at radius 1 is 1.37 bits per heavy atom. The largest absolute Gasteiger partial charge is 0.299 e. The van der Waals surface area contributed by atoms with Crippen LogP contribution in [0.5, 0.6) is 0 Å². The highest BCUT2D eigenvalue weighted by Crippen LogP contribution is 2.32. The molecule has 19 heavy (non-hydrogen) atoms. The molecule has 1 aromatic heterocycles. The zero-order valence-corrected chi connectivity index (χ0v) is 12.4. The van der Waals surface area contributed by atoms with Crippen LogP contribution in [0.1, 0.15) is 21.1 Å². The minimum Gasteiger partial charge on any atom is -0.299 e. The molecular formula is C13H9BrN2O2S. The van der Waals surface area contributed by atoms with Crippen LogP contribution >= 0.6 is 27.3 Å². The van der Waals surface area contributed by atoms with Crippen LogP contribution in [0, 0.1) is 6.92 Å². The lowest BCUT2D eigenvalue weighted by molar-refractivity contribution is -0.114. The van der Waals surface area contributed by atoms with Gasteiger partial charge in [0.15, 0.2) is 0 Å². The van der Waals surface area contributed by atoms with Gasteiger partial charge in [0.05, 0.1) is 28.5 Å². The van der Waals surface area contributed by atoms with Crippen molar-refractivity contribution in [3.05, 3.63) is 44.3 Å². The molecule has 0 atom stereocenters. The van der Waals surface area contributed by atoms with Gasteiger partial charge in [-0.05, 0) is 25.1 Å². The number of fused-ring (bicyclic) bond motifs is 1. The minimum absolute atomic E-state index is 0.332. The van der Waals surface area contributed by atoms with Gasteiger partial charge in [0.25, 0.3) is 11.7 Å². The molecule has 0 saturated carbocycles. The van der Waals surface area contributed by atoms with E-state index in [0.29, 0.717) is 17.8 Å². The first-order valence-electron chi connectivity index (χ1n) is 5.63. The predicted molar refractivity (Wildman–Crippen MR) is 76.5 cm³/mol. The molecule has 0 N–H and O–H groups in total. The summed E-state index contributed by atoms with van der Waals surface area (Å²) >= 11 is 4.89. The number of rotatable bonds is 2. The quantitative estimate of drug-likeness (QED) is 0.792. The second-order valence-electron chi connectivity index (χ2n) is 4.24. The average molecular weight is 337 g/mol. The van der Waals surface area contributed by atoms with E-state index in [-0.39, 0.29) is 0 Å². The Hall–Kier alpha value is -1.53. The number of hydrogen-bond donors (Lipinski definition) is 0. The number of halogens is 1. The Bertz CT molecular complexity index is 696. The molecule has 0 bridgehead atoms. The van der Waals surface area contributed by atoms with Gasteiger partial charge in [-0.25, -0.2) is 4.98 Å². The Balaban J connectivity index is 2.01. The zero-order chi connectivity index (χ0) is 13.6. The third kappa shape index (κ3) is 2.11. The molecule has 0 aliphatic carbocycles. The van der Waals surface area contributed by atoms with E-state index < -0.39 is 11.7 Å². The standard InChI is InChI=1S/C13H9BrN2O2S/c1-7-15-9(6-19-7)5-16-11-4-8(14)2-3-10(11)12(17)13(16)18/h2-4,6H,5H2,1H3. The molecule has 3 rings (SSSR count). The van der Waals surface area contributed by atoms with Crippen molar-refractivity contribution in [1.82, 2.24) is 4.98 Å². The van der Waals surface area contributed by atoms with E-state index in [1.54, 1.807) is 18.2 Å². The van der Waals surface area contributed by atoms with Gasteiger partial charge >= 0.3 is 0 Å². The lowest BCUT2D eigenvalue weighted by atomic mass is 10.1. The van der Waals surface area contributed by atoms with E-state index in [1.807, 2.05) is 12.3 Å². The third-order valence-electron chi connectivity index (χ3n) is 2.92. The third-order valence-corrected chi connectivity index (χ3v) is 4.24. The maximum absolute atomic E-state index is 12.0. The summed E-state index contributed by atoms with van der Waals surface area (Å²) in [6.45, 7) is 2.24. The summed E-state index contributed by atoms with van der Waals surface area (Å²) in [5, 5.41) is 2.85. The highest BCUT2D eigenvalue weighted by molar-refractivity contribution is 9.10. The van der Waals surface area contributed by atoms with E-state index in [1.165, 1.54) is 16.2 Å². The number of nitrogens with zero attached hydrogens (tertiary/aromatic N) is 2. The number of carbonyl (C=O) groups excluding carboxylic acids is 2. The van der Waals surface area contributed by atoms with E-state index in [9.17, 15) is 9.59 Å². The van der Waals surface area contributed by atoms with Crippen molar-refractivity contribution in [2.24, 2.45) is 0 Å². The van der Waals surface area contributed by atoms with Crippen LogP contribution in [0.2, 0.25) is 0 Å². The van der Waals surface area contributed by atoms with E-state index in [2.05, 4.69) is 20.9 Å². The summed E-state index contributed by atoms with van der Waals surface area (Å²) in [4.78, 5) is 29.7. The topological polar surface area (TPSA) is 50.3 Å². The fourth-order valence-electron chi connectivity index (χ4n) is 2.07. The minimum atomic E-state index is -0.487. The van der Waals surface area contributed by atoms with Gasteiger partial charge in [0.2, 0.25) is 0 Å².